The first-order chi connectivity index (χ1) is 17.4. The monoisotopic (exact) mass is 604 g/mol. The van der Waals surface area contributed by atoms with Crippen molar-refractivity contribution in [1.29, 1.82) is 0 Å². The number of carbonyl (C=O) groups excluding carboxylic acids is 2. The van der Waals surface area contributed by atoms with Crippen LogP contribution in [0.1, 0.15) is 11.5 Å². The van der Waals surface area contributed by atoms with Gasteiger partial charge in [-0.3, -0.25) is 0 Å². The van der Waals surface area contributed by atoms with Crippen molar-refractivity contribution in [2.75, 3.05) is 44.0 Å². The molecule has 0 bridgehead atoms. The van der Waals surface area contributed by atoms with Crippen LogP contribution in [-0.2, 0) is 19.1 Å². The molecule has 36 heavy (non-hydrogen) atoms. The molecule has 192 valence electrons. The number of hydrogen-bond acceptors (Lipinski definition) is 10. The number of carbonyl (C=O) groups is 2. The summed E-state index contributed by atoms with van der Waals surface area (Å²) in [6.45, 7) is 0.136. The maximum absolute atomic E-state index is 12.7. The molecule has 0 radical (unpaired) electrons. The largest absolute Gasteiger partial charge is 0.465 e. The highest BCUT2D eigenvalue weighted by Gasteiger charge is 2.27. The molecule has 0 aliphatic carbocycles. The van der Waals surface area contributed by atoms with E-state index in [9.17, 15) is 9.59 Å². The predicted molar refractivity (Wildman–Crippen MR) is 151 cm³/mol. The van der Waals surface area contributed by atoms with Gasteiger partial charge in [0.25, 0.3) is 0 Å². The molecule has 0 saturated carbocycles. The highest BCUT2D eigenvalue weighted by molar-refractivity contribution is 8.25. The van der Waals surface area contributed by atoms with Gasteiger partial charge in [0.15, 0.2) is 11.5 Å². The van der Waals surface area contributed by atoms with Crippen LogP contribution in [0.5, 0.6) is 11.5 Å². The summed E-state index contributed by atoms with van der Waals surface area (Å²) in [6.07, 6.45) is 3.46. The molecule has 2 saturated heterocycles. The lowest BCUT2D eigenvalue weighted by Crippen LogP contribution is -2.08. The van der Waals surface area contributed by atoms with E-state index in [1.807, 2.05) is 12.1 Å². The molecular weight excluding hydrogens is 583 g/mol. The maximum Gasteiger partial charge on any atom is 0.341 e. The topological polar surface area (TPSA) is 71.1 Å². The molecule has 3 aliphatic heterocycles. The van der Waals surface area contributed by atoms with E-state index < -0.39 is 17.9 Å². The van der Waals surface area contributed by atoms with Gasteiger partial charge in [0.1, 0.15) is 0 Å². The van der Waals surface area contributed by atoms with Crippen LogP contribution in [0.15, 0.2) is 60.0 Å². The highest BCUT2D eigenvalue weighted by atomic mass is 35.5. The molecule has 0 amide bonds. The number of ether oxygens (including phenoxy) is 4. The number of hydrogen-bond donors (Lipinski definition) is 0. The Morgan fingerprint density at radius 3 is 1.78 bits per heavy atom. The zero-order valence-corrected chi connectivity index (χ0v) is 24.1. The van der Waals surface area contributed by atoms with E-state index >= 15 is 0 Å². The second-order valence-corrected chi connectivity index (χ2v) is 13.1. The number of thioether (sulfide) groups is 4. The molecule has 4 rings (SSSR count). The Hall–Kier alpha value is -1.30. The summed E-state index contributed by atoms with van der Waals surface area (Å²) in [5, 5.41) is 0.470. The van der Waals surface area contributed by atoms with Crippen LogP contribution in [0.25, 0.3) is 0 Å². The number of esters is 2. The predicted octanol–water partition coefficient (Wildman–Crippen LogP) is 6.47. The Balaban J connectivity index is 1.82. The van der Waals surface area contributed by atoms with E-state index in [1.165, 1.54) is 14.2 Å². The molecule has 3 aliphatic rings. The van der Waals surface area contributed by atoms with Crippen LogP contribution in [0.3, 0.4) is 0 Å². The molecule has 0 spiro atoms. The summed E-state index contributed by atoms with van der Waals surface area (Å²) in [6, 6.07) is 5.51. The third kappa shape index (κ3) is 6.39. The minimum absolute atomic E-state index is 0.136. The summed E-state index contributed by atoms with van der Waals surface area (Å²) in [5.41, 5.74) is 1.42. The molecule has 1 aromatic rings. The zero-order valence-electron chi connectivity index (χ0n) is 19.3. The van der Waals surface area contributed by atoms with Crippen molar-refractivity contribution in [1.82, 2.24) is 0 Å². The number of rotatable bonds is 7. The summed E-state index contributed by atoms with van der Waals surface area (Å²) in [7, 11) is 2.66. The molecule has 1 unspecified atom stereocenters. The first-order valence-corrected chi connectivity index (χ1v) is 15.4. The molecule has 1 aromatic carbocycles. The molecule has 0 N–H and O–H groups in total. The van der Waals surface area contributed by atoms with E-state index in [0.717, 1.165) is 37.0 Å². The average Bonchev–Trinajstić information content (AvgIpc) is 3.66. The summed E-state index contributed by atoms with van der Waals surface area (Å²) in [4.78, 5) is 25.3. The van der Waals surface area contributed by atoms with Crippen molar-refractivity contribution in [3.8, 4) is 11.5 Å². The minimum atomic E-state index is -0.510. The van der Waals surface area contributed by atoms with Gasteiger partial charge >= 0.3 is 11.9 Å². The van der Waals surface area contributed by atoms with Crippen molar-refractivity contribution >= 4 is 82.2 Å². The Morgan fingerprint density at radius 2 is 1.31 bits per heavy atom. The van der Waals surface area contributed by atoms with Crippen molar-refractivity contribution in [2.24, 2.45) is 0 Å². The highest BCUT2D eigenvalue weighted by Crippen LogP contribution is 2.45. The summed E-state index contributed by atoms with van der Waals surface area (Å²) >= 11 is 19.8. The van der Waals surface area contributed by atoms with Crippen LogP contribution in [0.2, 0.25) is 0 Å². The van der Waals surface area contributed by atoms with Gasteiger partial charge in [0, 0.05) is 28.9 Å². The van der Waals surface area contributed by atoms with Crippen molar-refractivity contribution in [2.45, 2.75) is 5.92 Å². The first-order valence-electron chi connectivity index (χ1n) is 10.7. The third-order valence-corrected chi connectivity index (χ3v) is 11.3. The van der Waals surface area contributed by atoms with Crippen molar-refractivity contribution < 1.29 is 28.5 Å². The molecule has 12 heteroatoms. The number of benzene rings is 1. The number of allylic oxidation sites excluding steroid dienone is 2. The van der Waals surface area contributed by atoms with Gasteiger partial charge in [0.2, 0.25) is 6.79 Å². The Morgan fingerprint density at radius 1 is 0.833 bits per heavy atom. The SMILES string of the molecule is COC(=O)C(=C1SCCS1)/C(Cl)=C/C(/C=C(/Cl)C(C(=O)OC)=C1SCCS1)c1ccc2c(c1)OCO2. The lowest BCUT2D eigenvalue weighted by molar-refractivity contribution is -0.136. The van der Waals surface area contributed by atoms with E-state index in [4.69, 9.17) is 42.1 Å². The number of halogens is 2. The summed E-state index contributed by atoms with van der Waals surface area (Å²) < 4.78 is 22.7. The minimum Gasteiger partial charge on any atom is -0.465 e. The van der Waals surface area contributed by atoms with Gasteiger partial charge < -0.3 is 18.9 Å². The maximum atomic E-state index is 12.7. The Bertz CT molecular complexity index is 1100. The van der Waals surface area contributed by atoms with Gasteiger partial charge in [-0.1, -0.05) is 41.4 Å². The lowest BCUT2D eigenvalue weighted by Gasteiger charge is -2.15. The van der Waals surface area contributed by atoms with Gasteiger partial charge in [-0.25, -0.2) is 9.59 Å². The smallest absolute Gasteiger partial charge is 0.341 e. The molecule has 6 nitrogen and oxygen atoms in total. The van der Waals surface area contributed by atoms with Crippen LogP contribution >= 0.6 is 70.2 Å². The molecule has 3 heterocycles. The lowest BCUT2D eigenvalue weighted by atomic mass is 9.95. The quantitative estimate of drug-likeness (QED) is 0.255. The van der Waals surface area contributed by atoms with E-state index in [2.05, 4.69) is 0 Å². The van der Waals surface area contributed by atoms with Crippen LogP contribution in [0, 0.1) is 0 Å². The molecule has 2 fully saturated rings. The number of fused-ring (bicyclic) bond motifs is 1. The third-order valence-electron chi connectivity index (χ3n) is 5.20. The van der Waals surface area contributed by atoms with E-state index in [1.54, 1.807) is 65.3 Å². The van der Waals surface area contributed by atoms with E-state index in [0.29, 0.717) is 22.6 Å². The standard InChI is InChI=1S/C24H22Cl2O6S4/c1-29-21(27)19(23-33-5-6-34-23)15(25)9-14(13-3-4-17-18(11-13)32-12-31-17)10-16(26)20(22(28)30-2)24-35-7-8-36-24/h3-4,9-11,14H,5-8,12H2,1-2H3/b15-9-,16-10+. The Kier molecular flexibility index (Phi) is 9.99. The van der Waals surface area contributed by atoms with Crippen LogP contribution in [0.4, 0.5) is 0 Å². The Labute approximate surface area is 236 Å². The average molecular weight is 606 g/mol. The van der Waals surface area contributed by atoms with Gasteiger partial charge in [-0.2, -0.15) is 0 Å². The first kappa shape index (κ1) is 27.7. The fourth-order valence-electron chi connectivity index (χ4n) is 3.51. The van der Waals surface area contributed by atoms with Crippen molar-refractivity contribution in [3.63, 3.8) is 0 Å². The zero-order chi connectivity index (χ0) is 25.7. The van der Waals surface area contributed by atoms with Crippen LogP contribution in [-0.4, -0.2) is 56.0 Å². The van der Waals surface area contributed by atoms with E-state index in [-0.39, 0.29) is 16.9 Å². The fraction of sp³-hybridized carbons (Fsp3) is 0.333. The fourth-order valence-corrected chi connectivity index (χ4v) is 9.44. The molecular formula is C24H22Cl2O6S4. The van der Waals surface area contributed by atoms with Gasteiger partial charge in [-0.15, -0.1) is 47.0 Å². The molecule has 1 atom stereocenters. The second kappa shape index (κ2) is 13.0. The van der Waals surface area contributed by atoms with Gasteiger partial charge in [0.05, 0.1) is 43.9 Å². The number of methoxy groups -OCH3 is 2. The van der Waals surface area contributed by atoms with Crippen LogP contribution < -0.4 is 9.47 Å². The molecule has 0 aromatic heterocycles. The van der Waals surface area contributed by atoms with Gasteiger partial charge in [-0.05, 0) is 17.7 Å². The second-order valence-electron chi connectivity index (χ2n) is 7.37. The van der Waals surface area contributed by atoms with Crippen molar-refractivity contribution in [3.05, 3.63) is 65.6 Å². The normalized spacial score (nSPS) is 18.3. The summed E-state index contributed by atoms with van der Waals surface area (Å²) in [5.74, 6) is 3.23.